The molecule has 0 radical (unpaired) electrons. The third kappa shape index (κ3) is 4.45. The molecule has 3 aromatic rings. The van der Waals surface area contributed by atoms with Crippen LogP contribution in [0.5, 0.6) is 5.75 Å². The molecule has 0 aliphatic carbocycles. The van der Waals surface area contributed by atoms with Crippen molar-refractivity contribution in [3.63, 3.8) is 0 Å². The van der Waals surface area contributed by atoms with Gasteiger partial charge in [-0.1, -0.05) is 0 Å². The van der Waals surface area contributed by atoms with E-state index < -0.39 is 5.97 Å². The number of fused-ring (bicyclic) bond motifs is 2. The van der Waals surface area contributed by atoms with Crippen LogP contribution in [0.2, 0.25) is 0 Å². The van der Waals surface area contributed by atoms with Crippen molar-refractivity contribution < 1.29 is 23.9 Å². The van der Waals surface area contributed by atoms with Gasteiger partial charge >= 0.3 is 5.97 Å². The van der Waals surface area contributed by atoms with E-state index in [0.29, 0.717) is 42.9 Å². The number of piperidine rings is 1. The van der Waals surface area contributed by atoms with Gasteiger partial charge in [0.1, 0.15) is 17.0 Å². The third-order valence-corrected chi connectivity index (χ3v) is 7.57. The minimum absolute atomic E-state index is 0.131. The number of benzene rings is 2. The molecule has 0 spiro atoms. The number of nitrogens with zero attached hydrogens (tertiary/aromatic N) is 4. The molecule has 202 valence electrons. The van der Waals surface area contributed by atoms with Crippen LogP contribution in [0.3, 0.4) is 0 Å². The maximum Gasteiger partial charge on any atom is 0.359 e. The lowest BCUT2D eigenvalue weighted by molar-refractivity contribution is -0.119. The summed E-state index contributed by atoms with van der Waals surface area (Å²) in [6, 6.07) is 13.3. The van der Waals surface area contributed by atoms with Gasteiger partial charge in [-0.3, -0.25) is 9.59 Å². The Kier molecular flexibility index (Phi) is 6.16. The van der Waals surface area contributed by atoms with Gasteiger partial charge in [-0.15, -0.1) is 0 Å². The van der Waals surface area contributed by atoms with E-state index in [-0.39, 0.29) is 29.7 Å². The van der Waals surface area contributed by atoms with Crippen molar-refractivity contribution in [3.8, 4) is 11.4 Å². The Morgan fingerprint density at radius 1 is 0.974 bits per heavy atom. The molecule has 2 aromatic carbocycles. The average Bonchev–Trinajstić information content (AvgIpc) is 3.46. The molecule has 1 saturated heterocycles. The van der Waals surface area contributed by atoms with Crippen LogP contribution in [0.1, 0.15) is 72.1 Å². The van der Waals surface area contributed by atoms with Crippen molar-refractivity contribution in [2.45, 2.75) is 58.5 Å². The standard InChI is InChI=1S/C30H32N4O5/c1-4-38-29(37)26-23-14-16-33(21-10-8-20(9-11-21)32-15-6-5-7-25(32)35)28(36)27(23)34(31-26)22-12-13-24-19(17-22)18-30(2,3)39-24/h8-13,17H,4-7,14-16,18H2,1-3H3. The number of anilines is 2. The fourth-order valence-corrected chi connectivity index (χ4v) is 5.78. The Hall–Kier alpha value is -4.14. The van der Waals surface area contributed by atoms with Gasteiger partial charge in [-0.25, -0.2) is 9.48 Å². The molecule has 6 rings (SSSR count). The van der Waals surface area contributed by atoms with Gasteiger partial charge in [-0.2, -0.15) is 5.10 Å². The van der Waals surface area contributed by atoms with Crippen LogP contribution in [-0.4, -0.2) is 52.9 Å². The zero-order chi connectivity index (χ0) is 27.3. The first kappa shape index (κ1) is 25.2. The molecule has 3 aliphatic rings. The molecule has 1 fully saturated rings. The van der Waals surface area contributed by atoms with Gasteiger partial charge in [-0.05, 0) is 82.5 Å². The van der Waals surface area contributed by atoms with Crippen LogP contribution in [0.25, 0.3) is 5.69 Å². The Bertz CT molecular complexity index is 1470. The lowest BCUT2D eigenvalue weighted by Crippen LogP contribution is -2.39. The highest BCUT2D eigenvalue weighted by molar-refractivity contribution is 6.09. The monoisotopic (exact) mass is 528 g/mol. The Labute approximate surface area is 227 Å². The van der Waals surface area contributed by atoms with Gasteiger partial charge in [0.15, 0.2) is 5.69 Å². The number of aromatic nitrogens is 2. The summed E-state index contributed by atoms with van der Waals surface area (Å²) in [6.45, 7) is 7.15. The van der Waals surface area contributed by atoms with Crippen molar-refractivity contribution in [2.24, 2.45) is 0 Å². The van der Waals surface area contributed by atoms with E-state index in [1.807, 2.05) is 61.2 Å². The molecule has 9 nitrogen and oxygen atoms in total. The predicted octanol–water partition coefficient (Wildman–Crippen LogP) is 4.48. The molecular formula is C30H32N4O5. The molecule has 3 aliphatic heterocycles. The number of ether oxygens (including phenoxy) is 2. The smallest absolute Gasteiger partial charge is 0.359 e. The molecule has 39 heavy (non-hydrogen) atoms. The number of carbonyl (C=O) groups excluding carboxylic acids is 3. The molecule has 0 atom stereocenters. The molecule has 0 bridgehead atoms. The minimum Gasteiger partial charge on any atom is -0.487 e. The Morgan fingerprint density at radius 2 is 1.69 bits per heavy atom. The van der Waals surface area contributed by atoms with Crippen LogP contribution < -0.4 is 14.5 Å². The molecule has 4 heterocycles. The first-order valence-electron chi connectivity index (χ1n) is 13.6. The van der Waals surface area contributed by atoms with Crippen molar-refractivity contribution in [1.82, 2.24) is 9.78 Å². The first-order chi connectivity index (χ1) is 18.8. The fraction of sp³-hybridized carbons (Fsp3) is 0.400. The fourth-order valence-electron chi connectivity index (χ4n) is 5.78. The highest BCUT2D eigenvalue weighted by Gasteiger charge is 2.37. The molecule has 0 N–H and O–H groups in total. The zero-order valence-electron chi connectivity index (χ0n) is 22.5. The quantitative estimate of drug-likeness (QED) is 0.453. The van der Waals surface area contributed by atoms with Crippen molar-refractivity contribution in [3.05, 3.63) is 65.0 Å². The van der Waals surface area contributed by atoms with E-state index in [0.717, 1.165) is 42.0 Å². The zero-order valence-corrected chi connectivity index (χ0v) is 22.5. The summed E-state index contributed by atoms with van der Waals surface area (Å²) >= 11 is 0. The van der Waals surface area contributed by atoms with Crippen molar-refractivity contribution in [2.75, 3.05) is 29.5 Å². The summed E-state index contributed by atoms with van der Waals surface area (Å²) in [5, 5.41) is 4.61. The Morgan fingerprint density at radius 3 is 2.41 bits per heavy atom. The van der Waals surface area contributed by atoms with Gasteiger partial charge in [0.05, 0.1) is 12.3 Å². The van der Waals surface area contributed by atoms with E-state index in [9.17, 15) is 14.4 Å². The highest BCUT2D eigenvalue weighted by atomic mass is 16.5. The summed E-state index contributed by atoms with van der Waals surface area (Å²) in [4.78, 5) is 42.7. The summed E-state index contributed by atoms with van der Waals surface area (Å²) in [7, 11) is 0. The maximum atomic E-state index is 14.0. The number of esters is 1. The normalized spacial score (nSPS) is 18.0. The number of carbonyl (C=O) groups is 3. The second kappa shape index (κ2) is 9.55. The SMILES string of the molecule is CCOC(=O)c1nn(-c2ccc3c(c2)CC(C)(C)O3)c2c1CCN(c1ccc(N3CCCCC3=O)cc1)C2=O. The van der Waals surface area contributed by atoms with E-state index >= 15 is 0 Å². The predicted molar refractivity (Wildman–Crippen MR) is 146 cm³/mol. The largest absolute Gasteiger partial charge is 0.487 e. The maximum absolute atomic E-state index is 14.0. The van der Waals surface area contributed by atoms with Crippen LogP contribution >= 0.6 is 0 Å². The molecule has 0 saturated carbocycles. The summed E-state index contributed by atoms with van der Waals surface area (Å²) in [5.74, 6) is 0.176. The molecular weight excluding hydrogens is 496 g/mol. The molecule has 9 heteroatoms. The lowest BCUT2D eigenvalue weighted by Gasteiger charge is -2.29. The summed E-state index contributed by atoms with van der Waals surface area (Å²) < 4.78 is 12.9. The van der Waals surface area contributed by atoms with Crippen molar-refractivity contribution in [1.29, 1.82) is 0 Å². The summed E-state index contributed by atoms with van der Waals surface area (Å²) in [5.41, 5.74) is 4.12. The number of hydrogen-bond acceptors (Lipinski definition) is 6. The molecule has 0 unspecified atom stereocenters. The van der Waals surface area contributed by atoms with E-state index in [4.69, 9.17) is 9.47 Å². The first-order valence-corrected chi connectivity index (χ1v) is 13.6. The van der Waals surface area contributed by atoms with Crippen molar-refractivity contribution >= 4 is 29.2 Å². The van der Waals surface area contributed by atoms with Gasteiger partial charge < -0.3 is 19.3 Å². The van der Waals surface area contributed by atoms with Gasteiger partial charge in [0.2, 0.25) is 5.91 Å². The minimum atomic E-state index is -0.532. The van der Waals surface area contributed by atoms with Crippen LogP contribution in [-0.2, 0) is 22.4 Å². The second-order valence-electron chi connectivity index (χ2n) is 10.9. The van der Waals surface area contributed by atoms with Gasteiger partial charge in [0, 0.05) is 48.4 Å². The van der Waals surface area contributed by atoms with Gasteiger partial charge in [0.25, 0.3) is 5.91 Å². The van der Waals surface area contributed by atoms with E-state index in [1.54, 1.807) is 16.5 Å². The number of amides is 2. The highest BCUT2D eigenvalue weighted by Crippen LogP contribution is 2.37. The molecule has 1 aromatic heterocycles. The topological polar surface area (TPSA) is 94.0 Å². The average molecular weight is 529 g/mol. The molecule has 2 amide bonds. The van der Waals surface area contributed by atoms with Crippen LogP contribution in [0, 0.1) is 0 Å². The Balaban J connectivity index is 1.37. The van der Waals surface area contributed by atoms with E-state index in [2.05, 4.69) is 5.10 Å². The van der Waals surface area contributed by atoms with Crippen LogP contribution in [0.4, 0.5) is 11.4 Å². The number of rotatable bonds is 5. The lowest BCUT2D eigenvalue weighted by atomic mass is 10.0. The second-order valence-corrected chi connectivity index (χ2v) is 10.9. The number of hydrogen-bond donors (Lipinski definition) is 0. The third-order valence-electron chi connectivity index (χ3n) is 7.57. The summed E-state index contributed by atoms with van der Waals surface area (Å²) in [6.07, 6.45) is 3.67. The van der Waals surface area contributed by atoms with E-state index in [1.165, 1.54) is 0 Å². The van der Waals surface area contributed by atoms with Crippen LogP contribution in [0.15, 0.2) is 42.5 Å².